The fourth-order valence-corrected chi connectivity index (χ4v) is 8.31. The Balaban J connectivity index is 4.33. The topological polar surface area (TPSA) is 78.9 Å². The molecule has 0 saturated heterocycles. The standard InChI is InChI=1S/C69H114O6/c1-4-7-10-13-16-19-22-24-26-28-29-30-31-32-33-34-35-36-37-38-39-40-41-42-44-45-47-50-53-56-59-62-68(71)74-65-66(64-73-67(70)61-58-55-52-49-21-18-15-12-9-6-3)75-69(72)63-60-57-54-51-48-46-43-27-25-23-20-17-14-11-8-5-2/h7,10,16,19,24,26-27,29-30,32-33,35-36,38-39,41-43,45,47,66H,4-6,8-9,11-15,17-18,20-23,25,28,31,34,37,40,44,46,48-65H2,1-3H3/b10-7-,19-16-,26-24-,30-29-,33-32-,36-35-,39-38-,42-41-,43-27-,47-45-. The molecule has 0 spiro atoms. The molecule has 6 nitrogen and oxygen atoms in total. The number of hydrogen-bond donors (Lipinski definition) is 0. The largest absolute Gasteiger partial charge is 0.462 e. The molecule has 0 aliphatic carbocycles. The van der Waals surface area contributed by atoms with Crippen molar-refractivity contribution in [2.45, 2.75) is 284 Å². The van der Waals surface area contributed by atoms with Crippen LogP contribution in [0.15, 0.2) is 122 Å². The highest BCUT2D eigenvalue weighted by molar-refractivity contribution is 5.71. The molecule has 0 aromatic carbocycles. The Hall–Kier alpha value is -4.19. The van der Waals surface area contributed by atoms with E-state index in [1.165, 1.54) is 103 Å². The maximum absolute atomic E-state index is 12.8. The van der Waals surface area contributed by atoms with E-state index in [0.29, 0.717) is 19.3 Å². The molecule has 0 aromatic heterocycles. The molecule has 0 saturated carbocycles. The minimum atomic E-state index is -0.797. The molecule has 0 aliphatic rings. The molecule has 426 valence electrons. The Morgan fingerprint density at radius 1 is 0.280 bits per heavy atom. The lowest BCUT2D eigenvalue weighted by molar-refractivity contribution is -0.167. The Morgan fingerprint density at radius 2 is 0.520 bits per heavy atom. The van der Waals surface area contributed by atoms with E-state index in [4.69, 9.17) is 14.2 Å². The molecular formula is C69H114O6. The minimum Gasteiger partial charge on any atom is -0.462 e. The third kappa shape index (κ3) is 60.6. The van der Waals surface area contributed by atoms with E-state index >= 15 is 0 Å². The third-order valence-corrected chi connectivity index (χ3v) is 13.0. The summed E-state index contributed by atoms with van der Waals surface area (Å²) in [5, 5.41) is 0. The van der Waals surface area contributed by atoms with Crippen molar-refractivity contribution in [2.24, 2.45) is 0 Å². The van der Waals surface area contributed by atoms with Crippen molar-refractivity contribution < 1.29 is 28.6 Å². The van der Waals surface area contributed by atoms with Crippen LogP contribution in [0, 0.1) is 0 Å². The molecule has 0 fully saturated rings. The maximum atomic E-state index is 12.8. The van der Waals surface area contributed by atoms with E-state index in [1.54, 1.807) is 0 Å². The van der Waals surface area contributed by atoms with E-state index in [-0.39, 0.29) is 31.1 Å². The first-order valence-corrected chi connectivity index (χ1v) is 31.0. The molecule has 1 unspecified atom stereocenters. The number of rotatable bonds is 55. The van der Waals surface area contributed by atoms with Crippen LogP contribution in [-0.4, -0.2) is 37.2 Å². The second kappa shape index (κ2) is 62.4. The summed E-state index contributed by atoms with van der Waals surface area (Å²) >= 11 is 0. The molecule has 0 N–H and O–H groups in total. The summed E-state index contributed by atoms with van der Waals surface area (Å²) < 4.78 is 16.8. The zero-order chi connectivity index (χ0) is 54.3. The van der Waals surface area contributed by atoms with Gasteiger partial charge in [-0.3, -0.25) is 14.4 Å². The smallest absolute Gasteiger partial charge is 0.306 e. The Kier molecular flexibility index (Phi) is 58.9. The van der Waals surface area contributed by atoms with Gasteiger partial charge in [-0.05, 0) is 116 Å². The minimum absolute atomic E-state index is 0.0919. The summed E-state index contributed by atoms with van der Waals surface area (Å²) in [5.74, 6) is -0.934. The predicted molar refractivity (Wildman–Crippen MR) is 325 cm³/mol. The van der Waals surface area contributed by atoms with Crippen LogP contribution in [0.3, 0.4) is 0 Å². The molecule has 1 atom stereocenters. The predicted octanol–water partition coefficient (Wildman–Crippen LogP) is 21.2. The van der Waals surface area contributed by atoms with Crippen molar-refractivity contribution in [2.75, 3.05) is 13.2 Å². The first kappa shape index (κ1) is 70.8. The quantitative estimate of drug-likeness (QED) is 0.0261. The molecule has 0 radical (unpaired) electrons. The molecule has 0 bridgehead atoms. The van der Waals surface area contributed by atoms with Crippen molar-refractivity contribution >= 4 is 17.9 Å². The Morgan fingerprint density at radius 3 is 0.840 bits per heavy atom. The summed E-state index contributed by atoms with van der Waals surface area (Å²) in [4.78, 5) is 38.1. The molecule has 0 amide bonds. The number of carbonyl (C=O) groups excluding carboxylic acids is 3. The van der Waals surface area contributed by atoms with Gasteiger partial charge in [-0.15, -0.1) is 0 Å². The second-order valence-electron chi connectivity index (χ2n) is 20.2. The molecular weight excluding hydrogens is 925 g/mol. The second-order valence-corrected chi connectivity index (χ2v) is 20.2. The Bertz CT molecular complexity index is 1570. The summed E-state index contributed by atoms with van der Waals surface area (Å²) in [6, 6.07) is 0. The normalized spacial score (nSPS) is 12.9. The van der Waals surface area contributed by atoms with Crippen LogP contribution < -0.4 is 0 Å². The van der Waals surface area contributed by atoms with Gasteiger partial charge in [-0.1, -0.05) is 264 Å². The van der Waals surface area contributed by atoms with Crippen molar-refractivity contribution in [1.82, 2.24) is 0 Å². The summed E-state index contributed by atoms with van der Waals surface area (Å²) in [7, 11) is 0. The zero-order valence-electron chi connectivity index (χ0n) is 48.8. The lowest BCUT2D eigenvalue weighted by Crippen LogP contribution is -2.30. The maximum Gasteiger partial charge on any atom is 0.306 e. The summed E-state index contributed by atoms with van der Waals surface area (Å²) in [5.41, 5.74) is 0. The van der Waals surface area contributed by atoms with E-state index in [9.17, 15) is 14.4 Å². The fraction of sp³-hybridized carbons (Fsp3) is 0.667. The highest BCUT2D eigenvalue weighted by Crippen LogP contribution is 2.15. The van der Waals surface area contributed by atoms with Crippen LogP contribution in [0.25, 0.3) is 0 Å². The van der Waals surface area contributed by atoms with Crippen LogP contribution in [-0.2, 0) is 28.6 Å². The number of esters is 3. The van der Waals surface area contributed by atoms with Crippen molar-refractivity contribution in [3.05, 3.63) is 122 Å². The highest BCUT2D eigenvalue weighted by Gasteiger charge is 2.19. The number of ether oxygens (including phenoxy) is 3. The van der Waals surface area contributed by atoms with Gasteiger partial charge >= 0.3 is 17.9 Å². The van der Waals surface area contributed by atoms with Crippen LogP contribution >= 0.6 is 0 Å². The molecule has 6 heteroatoms. The van der Waals surface area contributed by atoms with E-state index < -0.39 is 6.10 Å². The monoisotopic (exact) mass is 1040 g/mol. The third-order valence-electron chi connectivity index (χ3n) is 13.0. The SMILES string of the molecule is CC/C=C\C/C=C\C/C=C\C/C=C\C/C=C\C/C=C\C/C=C\C/C=C\C/C=C\CCCCCC(=O)OCC(COC(=O)CCCCCCCCCCCC)OC(=O)CCCCCCC/C=C\CCCCCCCCC. The molecule has 0 aromatic rings. The average Bonchev–Trinajstić information content (AvgIpc) is 3.41. The molecule has 75 heavy (non-hydrogen) atoms. The van der Waals surface area contributed by atoms with Gasteiger partial charge in [0.25, 0.3) is 0 Å². The average molecular weight is 1040 g/mol. The Labute approximate surface area is 462 Å². The van der Waals surface area contributed by atoms with Crippen molar-refractivity contribution in [3.8, 4) is 0 Å². The molecule has 0 heterocycles. The van der Waals surface area contributed by atoms with Crippen LogP contribution in [0.2, 0.25) is 0 Å². The number of allylic oxidation sites excluding steroid dienone is 20. The van der Waals surface area contributed by atoms with Gasteiger partial charge in [0.05, 0.1) is 0 Å². The van der Waals surface area contributed by atoms with Crippen LogP contribution in [0.5, 0.6) is 0 Å². The first-order chi connectivity index (χ1) is 37.0. The highest BCUT2D eigenvalue weighted by atomic mass is 16.6. The van der Waals surface area contributed by atoms with E-state index in [2.05, 4.69) is 142 Å². The van der Waals surface area contributed by atoms with Gasteiger partial charge in [0.15, 0.2) is 6.10 Å². The van der Waals surface area contributed by atoms with Gasteiger partial charge in [0.1, 0.15) is 13.2 Å². The van der Waals surface area contributed by atoms with Crippen molar-refractivity contribution in [1.29, 1.82) is 0 Å². The number of unbranched alkanes of at least 4 members (excludes halogenated alkanes) is 24. The van der Waals surface area contributed by atoms with Gasteiger partial charge in [0.2, 0.25) is 0 Å². The summed E-state index contributed by atoms with van der Waals surface area (Å²) in [6.45, 7) is 6.48. The van der Waals surface area contributed by atoms with Gasteiger partial charge < -0.3 is 14.2 Å². The summed E-state index contributed by atoms with van der Waals surface area (Å²) in [6.07, 6.45) is 86.3. The van der Waals surface area contributed by atoms with Crippen molar-refractivity contribution in [3.63, 3.8) is 0 Å². The fourth-order valence-electron chi connectivity index (χ4n) is 8.31. The zero-order valence-corrected chi connectivity index (χ0v) is 48.8. The van der Waals surface area contributed by atoms with Gasteiger partial charge in [-0.25, -0.2) is 0 Å². The van der Waals surface area contributed by atoms with Gasteiger partial charge in [0, 0.05) is 19.3 Å². The van der Waals surface area contributed by atoms with E-state index in [0.717, 1.165) is 135 Å². The first-order valence-electron chi connectivity index (χ1n) is 31.0. The lowest BCUT2D eigenvalue weighted by Gasteiger charge is -2.18. The van der Waals surface area contributed by atoms with Gasteiger partial charge in [-0.2, -0.15) is 0 Å². The van der Waals surface area contributed by atoms with Crippen LogP contribution in [0.4, 0.5) is 0 Å². The molecule has 0 aliphatic heterocycles. The lowest BCUT2D eigenvalue weighted by atomic mass is 10.1. The number of hydrogen-bond acceptors (Lipinski definition) is 6. The molecule has 0 rings (SSSR count). The van der Waals surface area contributed by atoms with E-state index in [1.807, 2.05) is 0 Å². The number of carbonyl (C=O) groups is 3. The van der Waals surface area contributed by atoms with Crippen LogP contribution in [0.1, 0.15) is 278 Å².